The third-order valence-corrected chi connectivity index (χ3v) is 3.64. The first-order chi connectivity index (χ1) is 10.6. The van der Waals surface area contributed by atoms with Crippen molar-refractivity contribution in [3.05, 3.63) is 40.6 Å². The molecule has 1 unspecified atom stereocenters. The Balaban J connectivity index is 0.000000847. The second kappa shape index (κ2) is 6.83. The summed E-state index contributed by atoms with van der Waals surface area (Å²) in [6.45, 7) is 5.93. The number of carbonyl (C=O) groups is 2. The summed E-state index contributed by atoms with van der Waals surface area (Å²) in [5, 5.41) is -0.0343. The summed E-state index contributed by atoms with van der Waals surface area (Å²) in [6, 6.07) is 7.82. The topological polar surface area (TPSA) is 55.8 Å². The van der Waals surface area contributed by atoms with Gasteiger partial charge in [-0.2, -0.15) is 0 Å². The van der Waals surface area contributed by atoms with Crippen molar-refractivity contribution in [1.82, 2.24) is 0 Å². The molecule has 0 saturated carbocycles. The summed E-state index contributed by atoms with van der Waals surface area (Å²) in [4.78, 5) is 24.6. The van der Waals surface area contributed by atoms with Gasteiger partial charge in [0.25, 0.3) is 6.29 Å². The number of cyclic esters (lactones) is 1. The van der Waals surface area contributed by atoms with Gasteiger partial charge < -0.3 is 14.4 Å². The van der Waals surface area contributed by atoms with Gasteiger partial charge in [-0.15, -0.1) is 0 Å². The molecule has 2 heterocycles. The van der Waals surface area contributed by atoms with Gasteiger partial charge in [0.15, 0.2) is 5.03 Å². The van der Waals surface area contributed by atoms with Gasteiger partial charge in [-0.25, -0.2) is 4.79 Å². The molecule has 6 heteroatoms. The first-order valence-electron chi connectivity index (χ1n) is 7.21. The van der Waals surface area contributed by atoms with Crippen molar-refractivity contribution >= 4 is 29.2 Å². The number of para-hydroxylation sites is 1. The van der Waals surface area contributed by atoms with Crippen molar-refractivity contribution in [2.45, 2.75) is 33.5 Å². The van der Waals surface area contributed by atoms with Gasteiger partial charge >= 0.3 is 11.9 Å². The molecule has 2 aliphatic heterocycles. The van der Waals surface area contributed by atoms with E-state index in [0.29, 0.717) is 12.2 Å². The van der Waals surface area contributed by atoms with Crippen LogP contribution in [0.5, 0.6) is 0 Å². The zero-order valence-corrected chi connectivity index (χ0v) is 13.5. The SMILES string of the molecule is CC.CC(=O)OC1OC(=O)C(Cl)=C1N1CCc2ccccc21. The average molecular weight is 324 g/mol. The Morgan fingerprint density at radius 1 is 1.36 bits per heavy atom. The van der Waals surface area contributed by atoms with Gasteiger partial charge in [-0.3, -0.25) is 4.79 Å². The minimum absolute atomic E-state index is 0.0343. The van der Waals surface area contributed by atoms with E-state index in [2.05, 4.69) is 0 Å². The lowest BCUT2D eigenvalue weighted by Gasteiger charge is -2.24. The molecular weight excluding hydrogens is 306 g/mol. The molecule has 3 rings (SSSR count). The third-order valence-electron chi connectivity index (χ3n) is 3.29. The number of hydrogen-bond donors (Lipinski definition) is 0. The van der Waals surface area contributed by atoms with Gasteiger partial charge in [0.2, 0.25) is 0 Å². The van der Waals surface area contributed by atoms with E-state index >= 15 is 0 Å². The van der Waals surface area contributed by atoms with E-state index in [1.165, 1.54) is 6.92 Å². The van der Waals surface area contributed by atoms with Crippen molar-refractivity contribution in [2.75, 3.05) is 11.4 Å². The molecule has 0 aromatic heterocycles. The van der Waals surface area contributed by atoms with E-state index in [0.717, 1.165) is 17.7 Å². The molecule has 0 fully saturated rings. The monoisotopic (exact) mass is 323 g/mol. The molecule has 0 saturated heterocycles. The molecule has 22 heavy (non-hydrogen) atoms. The lowest BCUT2D eigenvalue weighted by molar-refractivity contribution is -0.172. The smallest absolute Gasteiger partial charge is 0.355 e. The number of anilines is 1. The van der Waals surface area contributed by atoms with E-state index < -0.39 is 18.2 Å². The number of carbonyl (C=O) groups excluding carboxylic acids is 2. The Hall–Kier alpha value is -2.01. The molecule has 2 aliphatic rings. The van der Waals surface area contributed by atoms with Crippen molar-refractivity contribution in [3.63, 3.8) is 0 Å². The third kappa shape index (κ3) is 2.95. The maximum absolute atomic E-state index is 11.6. The number of esters is 2. The largest absolute Gasteiger partial charge is 0.419 e. The summed E-state index contributed by atoms with van der Waals surface area (Å²) >= 11 is 6.03. The molecule has 0 bridgehead atoms. The molecular formula is C16H18ClNO4. The highest BCUT2D eigenvalue weighted by molar-refractivity contribution is 6.42. The Morgan fingerprint density at radius 3 is 2.73 bits per heavy atom. The fraction of sp³-hybridized carbons (Fsp3) is 0.375. The van der Waals surface area contributed by atoms with Crippen LogP contribution in [0.3, 0.4) is 0 Å². The summed E-state index contributed by atoms with van der Waals surface area (Å²) in [5.41, 5.74) is 2.51. The normalized spacial score (nSPS) is 19.4. The van der Waals surface area contributed by atoms with Crippen molar-refractivity contribution < 1.29 is 19.1 Å². The molecule has 0 radical (unpaired) electrons. The second-order valence-corrected chi connectivity index (χ2v) is 4.95. The van der Waals surface area contributed by atoms with Gasteiger partial charge in [0, 0.05) is 19.2 Å². The summed E-state index contributed by atoms with van der Waals surface area (Å²) in [7, 11) is 0. The first-order valence-corrected chi connectivity index (χ1v) is 7.59. The minimum Gasteiger partial charge on any atom is -0.419 e. The summed E-state index contributed by atoms with van der Waals surface area (Å²) < 4.78 is 10.0. The predicted molar refractivity (Wildman–Crippen MR) is 83.4 cm³/mol. The molecule has 0 aliphatic carbocycles. The van der Waals surface area contributed by atoms with Crippen LogP contribution < -0.4 is 4.90 Å². The van der Waals surface area contributed by atoms with Crippen LogP contribution in [0.25, 0.3) is 0 Å². The van der Waals surface area contributed by atoms with Gasteiger partial charge in [-0.05, 0) is 18.1 Å². The highest BCUT2D eigenvalue weighted by Gasteiger charge is 2.41. The molecule has 0 N–H and O–H groups in total. The van der Waals surface area contributed by atoms with E-state index in [4.69, 9.17) is 21.1 Å². The lowest BCUT2D eigenvalue weighted by atomic mass is 10.2. The number of hydrogen-bond acceptors (Lipinski definition) is 5. The van der Waals surface area contributed by atoms with Crippen LogP contribution in [0.4, 0.5) is 5.69 Å². The minimum atomic E-state index is -1.07. The highest BCUT2D eigenvalue weighted by Crippen LogP contribution is 2.37. The Labute approximate surface area is 134 Å². The standard InChI is InChI=1S/C14H12ClNO4.C2H6/c1-8(17)19-14-12(11(15)13(18)20-14)16-7-6-9-4-2-3-5-10(9)16;1-2/h2-5,14H,6-7H2,1H3;1-2H3. The van der Waals surface area contributed by atoms with Crippen LogP contribution in [-0.2, 0) is 25.5 Å². The number of benzene rings is 1. The average Bonchev–Trinajstić information content (AvgIpc) is 3.03. The molecule has 0 amide bonds. The van der Waals surface area contributed by atoms with Crippen LogP contribution in [-0.4, -0.2) is 24.8 Å². The van der Waals surface area contributed by atoms with Crippen LogP contribution >= 0.6 is 11.6 Å². The van der Waals surface area contributed by atoms with Crippen molar-refractivity contribution in [3.8, 4) is 0 Å². The number of rotatable bonds is 2. The summed E-state index contributed by atoms with van der Waals surface area (Å²) in [6.07, 6.45) is -0.233. The Morgan fingerprint density at radius 2 is 2.05 bits per heavy atom. The van der Waals surface area contributed by atoms with Crippen LogP contribution in [0.2, 0.25) is 0 Å². The maximum atomic E-state index is 11.6. The van der Waals surface area contributed by atoms with E-state index in [9.17, 15) is 9.59 Å². The van der Waals surface area contributed by atoms with Gasteiger partial charge in [0.1, 0.15) is 5.70 Å². The molecule has 5 nitrogen and oxygen atoms in total. The van der Waals surface area contributed by atoms with Crippen LogP contribution in [0.1, 0.15) is 26.3 Å². The maximum Gasteiger partial charge on any atom is 0.355 e. The molecule has 1 atom stereocenters. The van der Waals surface area contributed by atoms with Gasteiger partial charge in [0.05, 0.1) is 0 Å². The van der Waals surface area contributed by atoms with Crippen LogP contribution in [0, 0.1) is 0 Å². The zero-order chi connectivity index (χ0) is 16.3. The lowest BCUT2D eigenvalue weighted by Crippen LogP contribution is -2.30. The number of halogens is 1. The molecule has 1 aromatic carbocycles. The van der Waals surface area contributed by atoms with Crippen molar-refractivity contribution in [1.29, 1.82) is 0 Å². The predicted octanol–water partition coefficient (Wildman–Crippen LogP) is 2.97. The highest BCUT2D eigenvalue weighted by atomic mass is 35.5. The Kier molecular flexibility index (Phi) is 5.08. The number of nitrogens with zero attached hydrogens (tertiary/aromatic N) is 1. The van der Waals surface area contributed by atoms with E-state index in [-0.39, 0.29) is 5.03 Å². The van der Waals surface area contributed by atoms with E-state index in [1.54, 1.807) is 0 Å². The second-order valence-electron chi connectivity index (χ2n) is 4.58. The molecule has 118 valence electrons. The summed E-state index contributed by atoms with van der Waals surface area (Å²) in [5.74, 6) is -1.20. The zero-order valence-electron chi connectivity index (χ0n) is 12.8. The van der Waals surface area contributed by atoms with Crippen LogP contribution in [0.15, 0.2) is 35.0 Å². The number of ether oxygens (including phenoxy) is 2. The fourth-order valence-electron chi connectivity index (χ4n) is 2.48. The number of fused-ring (bicyclic) bond motifs is 1. The van der Waals surface area contributed by atoms with E-state index in [1.807, 2.05) is 43.0 Å². The fourth-order valence-corrected chi connectivity index (χ4v) is 2.71. The Bertz CT molecular complexity index is 626. The molecule has 1 aromatic rings. The van der Waals surface area contributed by atoms with Crippen molar-refractivity contribution in [2.24, 2.45) is 0 Å². The first kappa shape index (κ1) is 16.4. The quantitative estimate of drug-likeness (QED) is 0.783. The molecule has 0 spiro atoms. The van der Waals surface area contributed by atoms with Gasteiger partial charge in [-0.1, -0.05) is 43.6 Å².